The first-order valence-electron chi connectivity index (χ1n) is 7.75. The Hall–Kier alpha value is -1.38. The summed E-state index contributed by atoms with van der Waals surface area (Å²) >= 11 is 4.90. The predicted octanol–water partition coefficient (Wildman–Crippen LogP) is 4.27. The third-order valence-corrected chi connectivity index (χ3v) is 6.72. The Kier molecular flexibility index (Phi) is 5.91. The second-order valence-electron chi connectivity index (χ2n) is 5.31. The number of aromatic amines is 1. The van der Waals surface area contributed by atoms with Crippen LogP contribution < -0.4 is 5.56 Å². The Morgan fingerprint density at radius 3 is 2.79 bits per heavy atom. The van der Waals surface area contributed by atoms with Crippen LogP contribution in [0.4, 0.5) is 0 Å². The van der Waals surface area contributed by atoms with Crippen molar-refractivity contribution in [3.63, 3.8) is 0 Å². The maximum absolute atomic E-state index is 12.2. The van der Waals surface area contributed by atoms with Crippen molar-refractivity contribution in [1.82, 2.24) is 20.2 Å². The normalized spacial score (nSPS) is 11.2. The maximum atomic E-state index is 12.2. The topological polar surface area (TPSA) is 71.5 Å². The Labute approximate surface area is 152 Å². The van der Waals surface area contributed by atoms with E-state index in [1.54, 1.807) is 40.9 Å². The van der Waals surface area contributed by atoms with E-state index in [4.69, 9.17) is 0 Å². The second kappa shape index (κ2) is 8.13. The van der Waals surface area contributed by atoms with E-state index in [0.29, 0.717) is 17.0 Å². The molecule has 3 rings (SSSR count). The molecule has 0 unspecified atom stereocenters. The number of benzene rings is 1. The smallest absolute Gasteiger partial charge is 0.258 e. The Bertz CT molecular complexity index is 890. The molecule has 2 aromatic heterocycles. The number of H-pyrrole nitrogens is 1. The Morgan fingerprint density at radius 2 is 2.00 bits per heavy atom. The SMILES string of the molecule is CCCCSc1nnc(SCc2nc3c(C)cccc3c(=O)[nH]2)s1. The van der Waals surface area contributed by atoms with E-state index in [0.717, 1.165) is 25.5 Å². The Morgan fingerprint density at radius 1 is 1.21 bits per heavy atom. The first-order chi connectivity index (χ1) is 11.7. The summed E-state index contributed by atoms with van der Waals surface area (Å²) in [5, 5.41) is 9.04. The highest BCUT2D eigenvalue weighted by atomic mass is 32.2. The van der Waals surface area contributed by atoms with Gasteiger partial charge in [0.05, 0.1) is 16.7 Å². The number of thioether (sulfide) groups is 2. The van der Waals surface area contributed by atoms with Crippen LogP contribution in [0.3, 0.4) is 0 Å². The number of rotatable bonds is 7. The van der Waals surface area contributed by atoms with Crippen molar-refractivity contribution in [2.24, 2.45) is 0 Å². The van der Waals surface area contributed by atoms with Gasteiger partial charge in [0.25, 0.3) is 5.56 Å². The molecule has 0 spiro atoms. The fraction of sp³-hybridized carbons (Fsp3) is 0.375. The number of nitrogens with one attached hydrogen (secondary N) is 1. The third-order valence-electron chi connectivity index (χ3n) is 3.43. The molecule has 0 bridgehead atoms. The molecule has 5 nitrogen and oxygen atoms in total. The standard InChI is InChI=1S/C16H18N4OS3/c1-3-4-8-22-15-19-20-16(24-15)23-9-12-17-13-10(2)6-5-7-11(13)14(21)18-12/h5-7H,3-4,8-9H2,1-2H3,(H,17,18,21). The van der Waals surface area contributed by atoms with Gasteiger partial charge in [-0.15, -0.1) is 10.2 Å². The highest BCUT2D eigenvalue weighted by Crippen LogP contribution is 2.30. The molecule has 24 heavy (non-hydrogen) atoms. The molecular weight excluding hydrogens is 360 g/mol. The lowest BCUT2D eigenvalue weighted by molar-refractivity contribution is 0.892. The summed E-state index contributed by atoms with van der Waals surface area (Å²) in [6, 6.07) is 5.65. The zero-order chi connectivity index (χ0) is 16.9. The van der Waals surface area contributed by atoms with Crippen LogP contribution in [0.5, 0.6) is 0 Å². The van der Waals surface area contributed by atoms with Crippen LogP contribution in [0.1, 0.15) is 31.2 Å². The summed E-state index contributed by atoms with van der Waals surface area (Å²) in [5.74, 6) is 2.32. The first kappa shape index (κ1) is 17.4. The molecule has 0 atom stereocenters. The van der Waals surface area contributed by atoms with Crippen LogP contribution in [-0.4, -0.2) is 25.9 Å². The fourth-order valence-corrected chi connectivity index (χ4v) is 5.21. The molecule has 126 valence electrons. The van der Waals surface area contributed by atoms with Crippen LogP contribution in [0.2, 0.25) is 0 Å². The molecule has 0 fully saturated rings. The number of hydrogen-bond donors (Lipinski definition) is 1. The fourth-order valence-electron chi connectivity index (χ4n) is 2.17. The quantitative estimate of drug-likeness (QED) is 0.489. The molecule has 0 saturated heterocycles. The van der Waals surface area contributed by atoms with E-state index in [2.05, 4.69) is 27.1 Å². The number of nitrogens with zero attached hydrogens (tertiary/aromatic N) is 3. The van der Waals surface area contributed by atoms with Crippen molar-refractivity contribution in [1.29, 1.82) is 0 Å². The lowest BCUT2D eigenvalue weighted by Gasteiger charge is -2.03. The number of hydrogen-bond acceptors (Lipinski definition) is 7. The van der Waals surface area contributed by atoms with Crippen molar-refractivity contribution >= 4 is 45.8 Å². The van der Waals surface area contributed by atoms with Gasteiger partial charge in [0.15, 0.2) is 8.68 Å². The van der Waals surface area contributed by atoms with Crippen LogP contribution in [0.25, 0.3) is 10.9 Å². The summed E-state index contributed by atoms with van der Waals surface area (Å²) in [5.41, 5.74) is 1.69. The van der Waals surface area contributed by atoms with E-state index in [-0.39, 0.29) is 5.56 Å². The molecule has 8 heteroatoms. The van der Waals surface area contributed by atoms with Gasteiger partial charge in [0.2, 0.25) is 0 Å². The van der Waals surface area contributed by atoms with Crippen LogP contribution in [0.15, 0.2) is 31.7 Å². The summed E-state index contributed by atoms with van der Waals surface area (Å²) in [6.07, 6.45) is 2.38. The summed E-state index contributed by atoms with van der Waals surface area (Å²) < 4.78 is 1.91. The van der Waals surface area contributed by atoms with Crippen molar-refractivity contribution < 1.29 is 0 Å². The summed E-state index contributed by atoms with van der Waals surface area (Å²) in [7, 11) is 0. The molecule has 0 saturated carbocycles. The molecule has 0 aliphatic carbocycles. The molecule has 0 aliphatic rings. The largest absolute Gasteiger partial charge is 0.309 e. The van der Waals surface area contributed by atoms with Crippen LogP contribution in [0, 0.1) is 6.92 Å². The minimum Gasteiger partial charge on any atom is -0.309 e. The highest BCUT2D eigenvalue weighted by Gasteiger charge is 2.09. The third kappa shape index (κ3) is 4.17. The average Bonchev–Trinajstić information content (AvgIpc) is 3.02. The van der Waals surface area contributed by atoms with Gasteiger partial charge in [-0.1, -0.05) is 60.3 Å². The van der Waals surface area contributed by atoms with E-state index >= 15 is 0 Å². The number of fused-ring (bicyclic) bond motifs is 1. The number of aryl methyl sites for hydroxylation is 1. The van der Waals surface area contributed by atoms with Crippen LogP contribution >= 0.6 is 34.9 Å². The first-order valence-corrected chi connectivity index (χ1v) is 10.5. The highest BCUT2D eigenvalue weighted by molar-refractivity contribution is 8.02. The minimum atomic E-state index is -0.0904. The lowest BCUT2D eigenvalue weighted by atomic mass is 10.1. The number of aromatic nitrogens is 4. The summed E-state index contributed by atoms with van der Waals surface area (Å²) in [4.78, 5) is 19.6. The van der Waals surface area contributed by atoms with Crippen molar-refractivity contribution in [3.8, 4) is 0 Å². The van der Waals surface area contributed by atoms with E-state index in [1.165, 1.54) is 12.8 Å². The zero-order valence-electron chi connectivity index (χ0n) is 13.5. The van der Waals surface area contributed by atoms with Gasteiger partial charge >= 0.3 is 0 Å². The van der Waals surface area contributed by atoms with Gasteiger partial charge in [-0.2, -0.15) is 0 Å². The van der Waals surface area contributed by atoms with E-state index in [9.17, 15) is 4.79 Å². The van der Waals surface area contributed by atoms with Gasteiger partial charge in [-0.05, 0) is 25.0 Å². The van der Waals surface area contributed by atoms with Gasteiger partial charge < -0.3 is 4.98 Å². The van der Waals surface area contributed by atoms with Gasteiger partial charge in [-0.25, -0.2) is 4.98 Å². The van der Waals surface area contributed by atoms with E-state index in [1.807, 2.05) is 19.1 Å². The minimum absolute atomic E-state index is 0.0904. The second-order valence-corrected chi connectivity index (χ2v) is 8.85. The predicted molar refractivity (Wildman–Crippen MR) is 102 cm³/mol. The monoisotopic (exact) mass is 378 g/mol. The van der Waals surface area contributed by atoms with Crippen molar-refractivity contribution in [2.45, 2.75) is 41.1 Å². The lowest BCUT2D eigenvalue weighted by Crippen LogP contribution is -2.11. The molecule has 0 radical (unpaired) electrons. The zero-order valence-corrected chi connectivity index (χ0v) is 16.0. The van der Waals surface area contributed by atoms with Gasteiger partial charge in [0, 0.05) is 5.75 Å². The van der Waals surface area contributed by atoms with Crippen molar-refractivity contribution in [3.05, 3.63) is 39.9 Å². The Balaban J connectivity index is 1.70. The summed E-state index contributed by atoms with van der Waals surface area (Å²) in [6.45, 7) is 4.15. The molecule has 1 N–H and O–H groups in total. The van der Waals surface area contributed by atoms with E-state index < -0.39 is 0 Å². The average molecular weight is 379 g/mol. The van der Waals surface area contributed by atoms with Crippen molar-refractivity contribution in [2.75, 3.05) is 5.75 Å². The van der Waals surface area contributed by atoms with Crippen LogP contribution in [-0.2, 0) is 5.75 Å². The molecule has 3 aromatic rings. The molecular formula is C16H18N4OS3. The molecule has 0 amide bonds. The molecule has 2 heterocycles. The van der Waals surface area contributed by atoms with Gasteiger partial charge in [-0.3, -0.25) is 4.79 Å². The number of para-hydroxylation sites is 1. The molecule has 0 aliphatic heterocycles. The molecule has 1 aromatic carbocycles. The van der Waals surface area contributed by atoms with Gasteiger partial charge in [0.1, 0.15) is 5.82 Å². The maximum Gasteiger partial charge on any atom is 0.258 e. The number of unbranched alkanes of at least 4 members (excludes halogenated alkanes) is 1.